The lowest BCUT2D eigenvalue weighted by Crippen LogP contribution is -2.04. The first-order chi connectivity index (χ1) is 9.13. The molecule has 1 atom stereocenters. The first-order valence-corrected chi connectivity index (χ1v) is 6.03. The van der Waals surface area contributed by atoms with Gasteiger partial charge < -0.3 is 5.11 Å². The number of carbonyl (C=O) groups is 1. The van der Waals surface area contributed by atoms with E-state index in [2.05, 4.69) is 6.07 Å². The number of halogens is 1. The molecule has 0 spiro atoms. The van der Waals surface area contributed by atoms with Gasteiger partial charge in [0.25, 0.3) is 0 Å². The number of carboxylic acid groups (broad SMARTS) is 1. The minimum Gasteiger partial charge on any atom is -0.480 e. The molecule has 1 N–H and O–H groups in total. The van der Waals surface area contributed by atoms with Gasteiger partial charge in [0.05, 0.1) is 11.6 Å². The number of hydrogen-bond donors (Lipinski definition) is 1. The maximum absolute atomic E-state index is 10.8. The normalized spacial score (nSPS) is 11.6. The van der Waals surface area contributed by atoms with Gasteiger partial charge in [-0.25, -0.2) is 0 Å². The summed E-state index contributed by atoms with van der Waals surface area (Å²) in [4.78, 5) is 10.8. The van der Waals surface area contributed by atoms with Crippen LogP contribution in [0.3, 0.4) is 0 Å². The third kappa shape index (κ3) is 2.75. The zero-order valence-electron chi connectivity index (χ0n) is 9.88. The Kier molecular flexibility index (Phi) is 3.84. The van der Waals surface area contributed by atoms with E-state index in [-0.39, 0.29) is 0 Å². The molecule has 0 saturated heterocycles. The topological polar surface area (TPSA) is 61.1 Å². The SMILES string of the molecule is N#Cc1ccccc1-c1ccc(C(Cl)C(=O)O)cc1. The summed E-state index contributed by atoms with van der Waals surface area (Å²) in [5.41, 5.74) is 2.77. The summed E-state index contributed by atoms with van der Waals surface area (Å²) >= 11 is 5.75. The summed E-state index contributed by atoms with van der Waals surface area (Å²) in [6.07, 6.45) is 0. The number of alkyl halides is 1. The Hall–Kier alpha value is -2.31. The average molecular weight is 272 g/mol. The van der Waals surface area contributed by atoms with Gasteiger partial charge in [-0.05, 0) is 22.8 Å². The van der Waals surface area contributed by atoms with Crippen molar-refractivity contribution in [2.75, 3.05) is 0 Å². The Balaban J connectivity index is 2.38. The number of nitrogens with zero attached hydrogens (tertiary/aromatic N) is 1. The van der Waals surface area contributed by atoms with Crippen molar-refractivity contribution in [3.63, 3.8) is 0 Å². The van der Waals surface area contributed by atoms with Crippen molar-refractivity contribution in [3.05, 3.63) is 59.7 Å². The molecule has 0 aromatic heterocycles. The number of rotatable bonds is 3. The molecule has 0 aliphatic heterocycles. The maximum atomic E-state index is 10.8. The second-order valence-electron chi connectivity index (χ2n) is 3.98. The van der Waals surface area contributed by atoms with Gasteiger partial charge >= 0.3 is 5.97 Å². The van der Waals surface area contributed by atoms with Crippen LogP contribution in [0.5, 0.6) is 0 Å². The zero-order chi connectivity index (χ0) is 13.8. The van der Waals surface area contributed by atoms with Crippen LogP contribution in [0.1, 0.15) is 16.5 Å². The summed E-state index contributed by atoms with van der Waals surface area (Å²) in [5.74, 6) is -1.08. The fraction of sp³-hybridized carbons (Fsp3) is 0.0667. The van der Waals surface area contributed by atoms with Crippen LogP contribution >= 0.6 is 11.6 Å². The first-order valence-electron chi connectivity index (χ1n) is 5.60. The molecule has 1 unspecified atom stereocenters. The average Bonchev–Trinajstić information content (AvgIpc) is 2.46. The molecule has 0 saturated carbocycles. The molecule has 0 aliphatic carbocycles. The summed E-state index contributed by atoms with van der Waals surface area (Å²) in [5, 5.41) is 16.8. The van der Waals surface area contributed by atoms with Gasteiger partial charge in [0.1, 0.15) is 0 Å². The van der Waals surface area contributed by atoms with Gasteiger partial charge in [-0.2, -0.15) is 5.26 Å². The number of benzene rings is 2. The Labute approximate surface area is 115 Å². The molecule has 0 amide bonds. The molecule has 4 heteroatoms. The van der Waals surface area contributed by atoms with Gasteiger partial charge in [-0.15, -0.1) is 11.6 Å². The monoisotopic (exact) mass is 271 g/mol. The third-order valence-corrected chi connectivity index (χ3v) is 3.22. The Morgan fingerprint density at radius 1 is 1.16 bits per heavy atom. The summed E-state index contributed by atoms with van der Waals surface area (Å²) < 4.78 is 0. The molecule has 0 heterocycles. The van der Waals surface area contributed by atoms with Crippen molar-refractivity contribution in [3.8, 4) is 17.2 Å². The van der Waals surface area contributed by atoms with Crippen LogP contribution in [0.15, 0.2) is 48.5 Å². The number of hydrogen-bond acceptors (Lipinski definition) is 2. The van der Waals surface area contributed by atoms with Gasteiger partial charge in [0.2, 0.25) is 0 Å². The maximum Gasteiger partial charge on any atom is 0.326 e. The number of nitriles is 1. The van der Waals surface area contributed by atoms with E-state index in [1.807, 2.05) is 12.1 Å². The lowest BCUT2D eigenvalue weighted by Gasteiger charge is -2.07. The fourth-order valence-electron chi connectivity index (χ4n) is 1.81. The molecule has 0 fully saturated rings. The predicted octanol–water partition coefficient (Wildman–Crippen LogP) is 3.59. The summed E-state index contributed by atoms with van der Waals surface area (Å²) in [6, 6.07) is 16.2. The third-order valence-electron chi connectivity index (χ3n) is 2.78. The second kappa shape index (κ2) is 5.55. The van der Waals surface area contributed by atoms with Crippen LogP contribution in [-0.2, 0) is 4.79 Å². The summed E-state index contributed by atoms with van der Waals surface area (Å²) in [6.45, 7) is 0. The van der Waals surface area contributed by atoms with Crippen molar-refractivity contribution in [1.29, 1.82) is 5.26 Å². The molecule has 0 bridgehead atoms. The quantitative estimate of drug-likeness (QED) is 0.868. The standard InChI is InChI=1S/C15H10ClNO2/c16-14(15(18)19)11-7-5-10(6-8-11)13-4-2-1-3-12(13)9-17/h1-8,14H,(H,18,19). The number of carboxylic acids is 1. The highest BCUT2D eigenvalue weighted by atomic mass is 35.5. The molecule has 94 valence electrons. The highest BCUT2D eigenvalue weighted by molar-refractivity contribution is 6.29. The van der Waals surface area contributed by atoms with Crippen LogP contribution in [-0.4, -0.2) is 11.1 Å². The molecule has 3 nitrogen and oxygen atoms in total. The largest absolute Gasteiger partial charge is 0.480 e. The minimum atomic E-state index is -1.08. The number of aliphatic carboxylic acids is 1. The smallest absolute Gasteiger partial charge is 0.326 e. The Morgan fingerprint density at radius 3 is 2.37 bits per heavy atom. The van der Waals surface area contributed by atoms with Crippen LogP contribution in [0, 0.1) is 11.3 Å². The van der Waals surface area contributed by atoms with Crippen LogP contribution in [0.4, 0.5) is 0 Å². The molecule has 19 heavy (non-hydrogen) atoms. The molecular weight excluding hydrogens is 262 g/mol. The first kappa shape index (κ1) is 13.1. The van der Waals surface area contributed by atoms with Crippen molar-refractivity contribution in [2.24, 2.45) is 0 Å². The van der Waals surface area contributed by atoms with E-state index < -0.39 is 11.3 Å². The molecular formula is C15H10ClNO2. The Bertz CT molecular complexity index is 644. The van der Waals surface area contributed by atoms with Crippen LogP contribution in [0.2, 0.25) is 0 Å². The minimum absolute atomic E-state index is 0.521. The van der Waals surface area contributed by atoms with E-state index in [9.17, 15) is 4.79 Å². The van der Waals surface area contributed by atoms with Crippen molar-refractivity contribution in [1.82, 2.24) is 0 Å². The summed E-state index contributed by atoms with van der Waals surface area (Å²) in [7, 11) is 0. The van der Waals surface area contributed by atoms with E-state index in [4.69, 9.17) is 22.0 Å². The lowest BCUT2D eigenvalue weighted by atomic mass is 9.99. The predicted molar refractivity (Wildman–Crippen MR) is 72.8 cm³/mol. The van der Waals surface area contributed by atoms with Gasteiger partial charge in [-0.1, -0.05) is 42.5 Å². The van der Waals surface area contributed by atoms with E-state index in [0.717, 1.165) is 11.1 Å². The van der Waals surface area contributed by atoms with E-state index in [0.29, 0.717) is 11.1 Å². The highest BCUT2D eigenvalue weighted by Crippen LogP contribution is 2.27. The lowest BCUT2D eigenvalue weighted by molar-refractivity contribution is -0.136. The van der Waals surface area contributed by atoms with Crippen molar-refractivity contribution in [2.45, 2.75) is 5.38 Å². The molecule has 2 aromatic rings. The Morgan fingerprint density at radius 2 is 1.79 bits per heavy atom. The van der Waals surface area contributed by atoms with Crippen LogP contribution < -0.4 is 0 Å². The zero-order valence-corrected chi connectivity index (χ0v) is 10.6. The van der Waals surface area contributed by atoms with Crippen molar-refractivity contribution < 1.29 is 9.90 Å². The van der Waals surface area contributed by atoms with Crippen LogP contribution in [0.25, 0.3) is 11.1 Å². The van der Waals surface area contributed by atoms with Gasteiger partial charge in [0, 0.05) is 0 Å². The fourth-order valence-corrected chi connectivity index (χ4v) is 1.95. The molecule has 2 aromatic carbocycles. The van der Waals surface area contributed by atoms with Gasteiger partial charge in [0.15, 0.2) is 5.38 Å². The molecule has 0 aliphatic rings. The van der Waals surface area contributed by atoms with E-state index >= 15 is 0 Å². The second-order valence-corrected chi connectivity index (χ2v) is 4.42. The van der Waals surface area contributed by atoms with E-state index in [1.165, 1.54) is 0 Å². The van der Waals surface area contributed by atoms with Gasteiger partial charge in [-0.3, -0.25) is 4.79 Å². The highest BCUT2D eigenvalue weighted by Gasteiger charge is 2.16. The molecule has 2 rings (SSSR count). The van der Waals surface area contributed by atoms with Crippen molar-refractivity contribution >= 4 is 17.6 Å². The van der Waals surface area contributed by atoms with E-state index in [1.54, 1.807) is 36.4 Å². The molecule has 0 radical (unpaired) electrons.